The van der Waals surface area contributed by atoms with Crippen LogP contribution in [-0.4, -0.2) is 0 Å². The Morgan fingerprint density at radius 2 is 0.312 bits per heavy atom. The molecule has 0 heterocycles. The number of hydrogen-bond acceptors (Lipinski definition) is 6. The summed E-state index contributed by atoms with van der Waals surface area (Å²) in [5.41, 5.74) is 0. The van der Waals surface area contributed by atoms with Gasteiger partial charge in [0.05, 0.1) is 0 Å². The summed E-state index contributed by atoms with van der Waals surface area (Å²) in [6.45, 7) is 28.5. The van der Waals surface area contributed by atoms with Gasteiger partial charge >= 0.3 is 171 Å². The summed E-state index contributed by atoms with van der Waals surface area (Å²) in [4.78, 5) is 0. The molecule has 0 saturated carbocycles. The SMILES string of the molecule is [C-]#N.[C-]#N.[C-]#N.[C-]#N.[C-]#N.[C-]#N.[Fe+6].[K+].[K+].[K+]. The molecule has 0 aliphatic carbocycles. The summed E-state index contributed by atoms with van der Waals surface area (Å²) in [6, 6.07) is 0. The van der Waals surface area contributed by atoms with Crippen molar-refractivity contribution in [2.75, 3.05) is 0 Å². The van der Waals surface area contributed by atoms with Crippen LogP contribution < -0.4 is 154 Å². The summed E-state index contributed by atoms with van der Waals surface area (Å²) in [5, 5.41) is 37.5. The zero-order valence-electron chi connectivity index (χ0n) is 9.04. The van der Waals surface area contributed by atoms with Crippen molar-refractivity contribution in [3.8, 4) is 0 Å². The predicted molar refractivity (Wildman–Crippen MR) is 29.8 cm³/mol. The molecular weight excluding hydrogens is 329 g/mol. The van der Waals surface area contributed by atoms with Crippen molar-refractivity contribution in [1.82, 2.24) is 0 Å². The van der Waals surface area contributed by atoms with E-state index >= 15 is 0 Å². The van der Waals surface area contributed by atoms with Gasteiger partial charge in [0.25, 0.3) is 0 Å². The van der Waals surface area contributed by atoms with Crippen LogP contribution in [0.2, 0.25) is 0 Å². The van der Waals surface area contributed by atoms with Crippen LogP contribution in [0.5, 0.6) is 0 Å². The molecule has 0 bridgehead atoms. The van der Waals surface area contributed by atoms with Gasteiger partial charge in [-0.3, -0.25) is 0 Å². The molecule has 0 saturated heterocycles. The molecule has 0 fully saturated rings. The zero-order chi connectivity index (χ0) is 12.0. The average Bonchev–Trinajstić information content (AvgIpc) is 2.33. The van der Waals surface area contributed by atoms with Gasteiger partial charge in [0.1, 0.15) is 0 Å². The van der Waals surface area contributed by atoms with Crippen LogP contribution in [-0.2, 0) is 17.1 Å². The Bertz CT molecular complexity index is 103. The van der Waals surface area contributed by atoms with Crippen LogP contribution in [0.25, 0.3) is 0 Å². The van der Waals surface area contributed by atoms with Crippen LogP contribution >= 0.6 is 0 Å². The van der Waals surface area contributed by atoms with Gasteiger partial charge < -0.3 is 71.0 Å². The minimum absolute atomic E-state index is 0. The first-order valence-corrected chi connectivity index (χ1v) is 1.34. The standard InChI is InChI=1S/6CN.Fe.3K/c6*1-2;;;;/q6*-1;+6;3*+1. The van der Waals surface area contributed by atoms with E-state index in [4.69, 9.17) is 71.0 Å². The molecule has 0 spiro atoms. The predicted octanol–water partition coefficient (Wildman–Crippen LogP) is -8.41. The fraction of sp³-hybridized carbons (Fsp3) is 0. The van der Waals surface area contributed by atoms with Crippen molar-refractivity contribution in [3.05, 3.63) is 39.4 Å². The van der Waals surface area contributed by atoms with Crippen molar-refractivity contribution >= 4 is 0 Å². The van der Waals surface area contributed by atoms with E-state index in [0.29, 0.717) is 0 Å². The van der Waals surface area contributed by atoms with Crippen molar-refractivity contribution in [2.24, 2.45) is 0 Å². The Kier molecular flexibility index (Phi) is 4100. The first-order chi connectivity index (χ1) is 6.00. The third kappa shape index (κ3) is 689. The van der Waals surface area contributed by atoms with E-state index in [-0.39, 0.29) is 171 Å². The maximum Gasteiger partial charge on any atom is 6.00 e. The van der Waals surface area contributed by atoms with Crippen molar-refractivity contribution in [1.29, 1.82) is 31.6 Å². The van der Waals surface area contributed by atoms with Gasteiger partial charge in [0.15, 0.2) is 0 Å². The molecule has 0 atom stereocenters. The molecule has 16 heavy (non-hydrogen) atoms. The van der Waals surface area contributed by atoms with Crippen molar-refractivity contribution < 1.29 is 171 Å². The van der Waals surface area contributed by atoms with Crippen LogP contribution in [0, 0.1) is 71.0 Å². The van der Waals surface area contributed by atoms with Gasteiger partial charge in [-0.25, -0.2) is 0 Å². The van der Waals surface area contributed by atoms with Gasteiger partial charge in [-0.2, -0.15) is 0 Å². The van der Waals surface area contributed by atoms with E-state index in [9.17, 15) is 0 Å². The molecule has 0 radical (unpaired) electrons. The van der Waals surface area contributed by atoms with Crippen LogP contribution in [0.4, 0.5) is 0 Å². The fourth-order valence-corrected chi connectivity index (χ4v) is 0. The molecule has 0 aliphatic rings. The Balaban J connectivity index is -0.00000000321. The molecule has 10 heteroatoms. The Hall–Kier alpha value is 2.37. The molecule has 0 unspecified atom stereocenters. The van der Waals surface area contributed by atoms with Gasteiger partial charge in [-0.15, -0.1) is 0 Å². The van der Waals surface area contributed by atoms with E-state index in [1.807, 2.05) is 0 Å². The molecule has 62 valence electrons. The van der Waals surface area contributed by atoms with Crippen molar-refractivity contribution in [2.45, 2.75) is 0 Å². The van der Waals surface area contributed by atoms with Gasteiger partial charge in [0.2, 0.25) is 0 Å². The summed E-state index contributed by atoms with van der Waals surface area (Å²) < 4.78 is 0. The van der Waals surface area contributed by atoms with E-state index in [1.54, 1.807) is 0 Å². The molecule has 0 rings (SSSR count). The molecular formula is C6FeK3N6+3. The summed E-state index contributed by atoms with van der Waals surface area (Å²) in [5.74, 6) is 0. The van der Waals surface area contributed by atoms with E-state index in [2.05, 4.69) is 0 Å². The van der Waals surface area contributed by atoms with E-state index in [1.165, 1.54) is 0 Å². The Labute approximate surface area is 235 Å². The van der Waals surface area contributed by atoms with Crippen molar-refractivity contribution in [3.63, 3.8) is 0 Å². The molecule has 0 aromatic heterocycles. The minimum Gasteiger partial charge on any atom is -0.512 e. The van der Waals surface area contributed by atoms with E-state index < -0.39 is 0 Å². The number of nitrogens with zero attached hydrogens (tertiary/aromatic N) is 6. The second kappa shape index (κ2) is 829. The Morgan fingerprint density at radius 3 is 0.312 bits per heavy atom. The quantitative estimate of drug-likeness (QED) is 0.319. The smallest absolute Gasteiger partial charge is 0.512 e. The first-order valence-electron chi connectivity index (χ1n) is 1.34. The zero-order valence-corrected chi connectivity index (χ0v) is 19.5. The summed E-state index contributed by atoms with van der Waals surface area (Å²) in [6.07, 6.45) is 0. The Morgan fingerprint density at radius 1 is 0.312 bits per heavy atom. The largest absolute Gasteiger partial charge is 6.00 e. The molecule has 0 aromatic carbocycles. The molecule has 0 amide bonds. The summed E-state index contributed by atoms with van der Waals surface area (Å²) in [7, 11) is 0. The fourth-order valence-electron chi connectivity index (χ4n) is 0. The minimum atomic E-state index is 0. The second-order valence-electron chi connectivity index (χ2n) is 0. The van der Waals surface area contributed by atoms with Gasteiger partial charge in [-0.1, -0.05) is 0 Å². The normalized spacial score (nSPS) is 0.750. The van der Waals surface area contributed by atoms with Crippen LogP contribution in [0.15, 0.2) is 0 Å². The number of hydrogen-bond donors (Lipinski definition) is 0. The maximum atomic E-state index is 6.25. The monoisotopic (exact) mass is 329 g/mol. The van der Waals surface area contributed by atoms with Gasteiger partial charge in [0, 0.05) is 0 Å². The average molecular weight is 329 g/mol. The topological polar surface area (TPSA) is 143 Å². The number of rotatable bonds is 0. The molecule has 0 aromatic rings. The molecule has 6 nitrogen and oxygen atoms in total. The molecule has 0 aliphatic heterocycles. The third-order valence-electron chi connectivity index (χ3n) is 0. The van der Waals surface area contributed by atoms with Gasteiger partial charge in [-0.05, 0) is 0 Å². The van der Waals surface area contributed by atoms with Crippen LogP contribution in [0.3, 0.4) is 0 Å². The summed E-state index contributed by atoms with van der Waals surface area (Å²) >= 11 is 0. The first kappa shape index (κ1) is 79.1. The maximum absolute atomic E-state index is 6.25. The molecule has 0 N–H and O–H groups in total. The van der Waals surface area contributed by atoms with Crippen LogP contribution in [0.1, 0.15) is 0 Å². The van der Waals surface area contributed by atoms with E-state index in [0.717, 1.165) is 0 Å². The third-order valence-corrected chi connectivity index (χ3v) is 0. The second-order valence-corrected chi connectivity index (χ2v) is 0.